The second kappa shape index (κ2) is 6.87. The lowest BCUT2D eigenvalue weighted by Gasteiger charge is -2.12. The molecule has 1 aromatic carbocycles. The van der Waals surface area contributed by atoms with Crippen molar-refractivity contribution in [1.82, 2.24) is 10.6 Å². The van der Waals surface area contributed by atoms with Gasteiger partial charge in [-0.15, -0.1) is 11.3 Å². The highest BCUT2D eigenvalue weighted by atomic mass is 32.1. The molecule has 0 saturated heterocycles. The minimum Gasteiger partial charge on any atom is -0.464 e. The number of urea groups is 1. The molecule has 3 rings (SSSR count). The van der Waals surface area contributed by atoms with Crippen LogP contribution < -0.4 is 10.6 Å². The minimum absolute atomic E-state index is 0.148. The quantitative estimate of drug-likeness (QED) is 0.729. The number of carbonyl (C=O) groups is 1. The predicted molar refractivity (Wildman–Crippen MR) is 93.9 cm³/mol. The molecule has 0 spiro atoms. The lowest BCUT2D eigenvalue weighted by atomic mass is 10.1. The number of aryl methyl sites for hydroxylation is 1. The molecule has 3 aromatic rings. The van der Waals surface area contributed by atoms with Crippen molar-refractivity contribution in [2.24, 2.45) is 0 Å². The Morgan fingerprint density at radius 2 is 2.09 bits per heavy atom. The molecule has 5 heteroatoms. The maximum absolute atomic E-state index is 12.0. The number of benzene rings is 1. The van der Waals surface area contributed by atoms with E-state index in [-0.39, 0.29) is 12.1 Å². The summed E-state index contributed by atoms with van der Waals surface area (Å²) in [6.45, 7) is 4.40. The first-order chi connectivity index (χ1) is 11.1. The average molecular weight is 328 g/mol. The van der Waals surface area contributed by atoms with Gasteiger partial charge in [-0.25, -0.2) is 4.79 Å². The van der Waals surface area contributed by atoms with Crippen molar-refractivity contribution in [3.8, 4) is 0 Å². The summed E-state index contributed by atoms with van der Waals surface area (Å²) in [5.41, 5.74) is 1.28. The molecule has 2 heterocycles. The Kier molecular flexibility index (Phi) is 4.67. The zero-order valence-corrected chi connectivity index (χ0v) is 14.1. The van der Waals surface area contributed by atoms with Gasteiger partial charge >= 0.3 is 6.03 Å². The Morgan fingerprint density at radius 1 is 1.26 bits per heavy atom. The van der Waals surface area contributed by atoms with Crippen LogP contribution in [0, 0.1) is 6.92 Å². The lowest BCUT2D eigenvalue weighted by Crippen LogP contribution is -2.37. The number of furan rings is 1. The average Bonchev–Trinajstić information content (AvgIpc) is 3.14. The van der Waals surface area contributed by atoms with Gasteiger partial charge in [0.05, 0.1) is 6.04 Å². The van der Waals surface area contributed by atoms with Gasteiger partial charge in [-0.3, -0.25) is 0 Å². The molecule has 0 radical (unpaired) electrons. The molecule has 2 aromatic heterocycles. The molecule has 2 N–H and O–H groups in total. The highest BCUT2D eigenvalue weighted by Gasteiger charge is 2.12. The molecule has 1 unspecified atom stereocenters. The molecule has 2 amide bonds. The first kappa shape index (κ1) is 15.6. The van der Waals surface area contributed by atoms with Gasteiger partial charge in [0.1, 0.15) is 11.5 Å². The zero-order valence-electron chi connectivity index (χ0n) is 13.3. The van der Waals surface area contributed by atoms with E-state index in [1.54, 1.807) is 11.3 Å². The fraction of sp³-hybridized carbons (Fsp3) is 0.278. The van der Waals surface area contributed by atoms with Gasteiger partial charge in [-0.2, -0.15) is 0 Å². The molecular formula is C18H20N2O2S. The van der Waals surface area contributed by atoms with Gasteiger partial charge in [-0.05, 0) is 54.8 Å². The van der Waals surface area contributed by atoms with E-state index in [9.17, 15) is 4.79 Å². The van der Waals surface area contributed by atoms with E-state index in [4.69, 9.17) is 4.42 Å². The van der Waals surface area contributed by atoms with Gasteiger partial charge in [0.25, 0.3) is 0 Å². The van der Waals surface area contributed by atoms with E-state index in [1.165, 1.54) is 15.6 Å². The van der Waals surface area contributed by atoms with Crippen molar-refractivity contribution in [1.29, 1.82) is 0 Å². The third-order valence-electron chi connectivity index (χ3n) is 3.78. The number of rotatable bonds is 5. The van der Waals surface area contributed by atoms with Gasteiger partial charge in [0.2, 0.25) is 0 Å². The second-order valence-electron chi connectivity index (χ2n) is 5.58. The Balaban J connectivity index is 1.49. The van der Waals surface area contributed by atoms with Crippen LogP contribution in [-0.2, 0) is 6.42 Å². The van der Waals surface area contributed by atoms with Crippen LogP contribution in [0.4, 0.5) is 4.79 Å². The summed E-state index contributed by atoms with van der Waals surface area (Å²) in [5, 5.41) is 9.23. The van der Waals surface area contributed by atoms with Crippen LogP contribution in [0.15, 0.2) is 46.2 Å². The molecule has 0 aliphatic carbocycles. The van der Waals surface area contributed by atoms with Gasteiger partial charge < -0.3 is 15.1 Å². The van der Waals surface area contributed by atoms with Crippen LogP contribution in [0.1, 0.15) is 30.0 Å². The first-order valence-corrected chi connectivity index (χ1v) is 8.57. The van der Waals surface area contributed by atoms with Gasteiger partial charge in [0, 0.05) is 11.2 Å². The first-order valence-electron chi connectivity index (χ1n) is 7.69. The van der Waals surface area contributed by atoms with Crippen molar-refractivity contribution in [2.45, 2.75) is 26.3 Å². The molecule has 1 atom stereocenters. The van der Waals surface area contributed by atoms with E-state index in [2.05, 4.69) is 28.1 Å². The van der Waals surface area contributed by atoms with Gasteiger partial charge in [-0.1, -0.05) is 18.2 Å². The summed E-state index contributed by atoms with van der Waals surface area (Å²) in [7, 11) is 0. The number of hydrogen-bond acceptors (Lipinski definition) is 3. The van der Waals surface area contributed by atoms with E-state index in [0.29, 0.717) is 6.54 Å². The van der Waals surface area contributed by atoms with E-state index in [0.717, 1.165) is 17.9 Å². The number of carbonyl (C=O) groups excluding carboxylic acids is 1. The summed E-state index contributed by atoms with van der Waals surface area (Å²) in [5.74, 6) is 1.61. The highest BCUT2D eigenvalue weighted by molar-refractivity contribution is 7.17. The molecule has 4 nitrogen and oxygen atoms in total. The van der Waals surface area contributed by atoms with E-state index < -0.39 is 0 Å². The summed E-state index contributed by atoms with van der Waals surface area (Å²) in [4.78, 5) is 12.0. The smallest absolute Gasteiger partial charge is 0.315 e. The minimum atomic E-state index is -0.175. The summed E-state index contributed by atoms with van der Waals surface area (Å²) in [6, 6.07) is 11.8. The largest absolute Gasteiger partial charge is 0.464 e. The molecule has 0 aliphatic heterocycles. The van der Waals surface area contributed by atoms with Crippen molar-refractivity contribution < 1.29 is 9.21 Å². The van der Waals surface area contributed by atoms with Crippen LogP contribution in [0.2, 0.25) is 0 Å². The Hall–Kier alpha value is -2.27. The summed E-state index contributed by atoms with van der Waals surface area (Å²) in [6.07, 6.45) is 0.825. The molecule has 0 fully saturated rings. The number of thiophene rings is 1. The van der Waals surface area contributed by atoms with Crippen LogP contribution >= 0.6 is 11.3 Å². The van der Waals surface area contributed by atoms with Crippen LogP contribution in [0.25, 0.3) is 10.1 Å². The molecule has 0 bridgehead atoms. The Morgan fingerprint density at radius 3 is 2.87 bits per heavy atom. The fourth-order valence-electron chi connectivity index (χ4n) is 2.54. The number of nitrogens with one attached hydrogen (secondary N) is 2. The number of amides is 2. The standard InChI is InChI=1S/C18H20N2O2S/c1-12-7-8-16(22-12)13(2)20-18(21)19-10-9-14-11-23-17-6-4-3-5-15(14)17/h3-8,11,13H,9-10H2,1-2H3,(H2,19,20,21). The van der Waals surface area contributed by atoms with Crippen molar-refractivity contribution in [3.63, 3.8) is 0 Å². The monoisotopic (exact) mass is 328 g/mol. The zero-order chi connectivity index (χ0) is 16.2. The third kappa shape index (κ3) is 3.74. The van der Waals surface area contributed by atoms with Crippen molar-refractivity contribution in [2.75, 3.05) is 6.54 Å². The molecule has 0 aliphatic rings. The normalized spacial score (nSPS) is 12.3. The summed E-state index contributed by atoms with van der Waals surface area (Å²) >= 11 is 1.74. The SMILES string of the molecule is Cc1ccc(C(C)NC(=O)NCCc2csc3ccccc23)o1. The van der Waals surface area contributed by atoms with Crippen LogP contribution in [-0.4, -0.2) is 12.6 Å². The van der Waals surface area contributed by atoms with Crippen molar-refractivity contribution in [3.05, 3.63) is 58.9 Å². The van der Waals surface area contributed by atoms with E-state index >= 15 is 0 Å². The van der Waals surface area contributed by atoms with Crippen molar-refractivity contribution >= 4 is 27.5 Å². The van der Waals surface area contributed by atoms with Crippen LogP contribution in [0.3, 0.4) is 0 Å². The Bertz CT molecular complexity index is 806. The molecule has 23 heavy (non-hydrogen) atoms. The highest BCUT2D eigenvalue weighted by Crippen LogP contribution is 2.25. The third-order valence-corrected chi connectivity index (χ3v) is 4.79. The molecule has 0 saturated carbocycles. The predicted octanol–water partition coefficient (Wildman–Crippen LogP) is 4.41. The maximum Gasteiger partial charge on any atom is 0.315 e. The number of fused-ring (bicyclic) bond motifs is 1. The maximum atomic E-state index is 12.0. The molecular weight excluding hydrogens is 308 g/mol. The Labute approximate surface area is 139 Å². The number of hydrogen-bond donors (Lipinski definition) is 2. The molecule has 120 valence electrons. The topological polar surface area (TPSA) is 54.3 Å². The lowest BCUT2D eigenvalue weighted by molar-refractivity contribution is 0.236. The fourth-order valence-corrected chi connectivity index (χ4v) is 3.54. The van der Waals surface area contributed by atoms with Crippen LogP contribution in [0.5, 0.6) is 0 Å². The second-order valence-corrected chi connectivity index (χ2v) is 6.49. The van der Waals surface area contributed by atoms with Gasteiger partial charge in [0.15, 0.2) is 0 Å². The van der Waals surface area contributed by atoms with E-state index in [1.807, 2.05) is 38.1 Å². The summed E-state index contributed by atoms with van der Waals surface area (Å²) < 4.78 is 6.80.